The number of alkyl halides is 3. The fraction of sp³-hybridized carbons (Fsp3) is 0.529. The highest BCUT2D eigenvalue weighted by Gasteiger charge is 2.41. The number of ether oxygens (including phenoxy) is 1. The number of fused-ring (bicyclic) bond motifs is 1. The van der Waals surface area contributed by atoms with Crippen molar-refractivity contribution in [2.75, 3.05) is 6.61 Å². The van der Waals surface area contributed by atoms with Crippen molar-refractivity contribution in [2.24, 2.45) is 5.73 Å². The van der Waals surface area contributed by atoms with E-state index in [1.807, 2.05) is 4.40 Å². The molecule has 0 spiro atoms. The summed E-state index contributed by atoms with van der Waals surface area (Å²) in [6.07, 6.45) is 3.42. The van der Waals surface area contributed by atoms with Crippen LogP contribution in [0.1, 0.15) is 55.3 Å². The summed E-state index contributed by atoms with van der Waals surface area (Å²) in [5, 5.41) is 0.398. The van der Waals surface area contributed by atoms with Gasteiger partial charge in [-0.3, -0.25) is 0 Å². The summed E-state index contributed by atoms with van der Waals surface area (Å²) in [6, 6.07) is 0.733. The predicted molar refractivity (Wildman–Crippen MR) is 90.0 cm³/mol. The summed E-state index contributed by atoms with van der Waals surface area (Å²) in [5.74, 6) is -2.04. The van der Waals surface area contributed by atoms with Crippen molar-refractivity contribution >= 4 is 23.1 Å². The fourth-order valence-electron chi connectivity index (χ4n) is 3.53. The van der Waals surface area contributed by atoms with Crippen LogP contribution in [0.15, 0.2) is 18.6 Å². The molecule has 1 aliphatic carbocycles. The van der Waals surface area contributed by atoms with E-state index in [1.165, 1.54) is 0 Å². The number of carbonyl (C=O) groups is 1. The van der Waals surface area contributed by atoms with Crippen molar-refractivity contribution in [3.8, 4) is 0 Å². The monoisotopic (exact) mass is 389 g/mol. The maximum Gasteiger partial charge on any atom is 0.490 e. The number of hydrogen-bond acceptors (Lipinski definition) is 4. The number of carbonyl (C=O) groups excluding carboxylic acids is 1. The minimum atomic E-state index is -5.04. The zero-order chi connectivity index (χ0) is 18.9. The first-order valence-electron chi connectivity index (χ1n) is 8.43. The maximum atomic E-state index is 12.4. The van der Waals surface area contributed by atoms with Crippen molar-refractivity contribution in [3.05, 3.63) is 34.9 Å². The molecule has 0 aliphatic heterocycles. The Labute approximate surface area is 153 Å². The number of nitrogens with two attached hydrogens (primary N) is 1. The van der Waals surface area contributed by atoms with E-state index in [9.17, 15) is 18.0 Å². The topological polar surface area (TPSA) is 69.6 Å². The van der Waals surface area contributed by atoms with Gasteiger partial charge in [-0.2, -0.15) is 13.2 Å². The molecule has 2 heterocycles. The Morgan fingerprint density at radius 1 is 1.38 bits per heavy atom. The van der Waals surface area contributed by atoms with Gasteiger partial charge in [0.1, 0.15) is 6.61 Å². The molecule has 0 saturated heterocycles. The molecule has 0 bridgehead atoms. The Kier molecular flexibility index (Phi) is 5.43. The number of rotatable bonds is 4. The number of pyridine rings is 1. The van der Waals surface area contributed by atoms with Crippen LogP contribution in [0.5, 0.6) is 0 Å². The SMILES string of the molecule is NC(COC(=O)C(F)(F)F)c1cc(Cl)c2cncn2c1C1CCCCC1. The molecule has 9 heteroatoms. The molecule has 3 rings (SSSR count). The molecule has 2 aromatic rings. The van der Waals surface area contributed by atoms with Crippen LogP contribution >= 0.6 is 11.6 Å². The standard InChI is InChI=1S/C17H19ClF3N3O2/c18-12-6-11(13(22)8-26-16(25)17(19,20)21)15(10-4-2-1-3-5-10)24-9-23-7-14(12)24/h6-7,9-10,13H,1-5,8,22H2. The Bertz CT molecular complexity index is 800. The molecule has 1 fully saturated rings. The summed E-state index contributed by atoms with van der Waals surface area (Å²) in [4.78, 5) is 15.1. The lowest BCUT2D eigenvalue weighted by Crippen LogP contribution is -2.30. The van der Waals surface area contributed by atoms with Crippen molar-refractivity contribution < 1.29 is 22.7 Å². The van der Waals surface area contributed by atoms with Crippen LogP contribution in [-0.4, -0.2) is 28.1 Å². The zero-order valence-corrected chi connectivity index (χ0v) is 14.7. The van der Waals surface area contributed by atoms with E-state index in [1.54, 1.807) is 18.6 Å². The molecule has 0 radical (unpaired) electrons. The molecule has 0 aromatic carbocycles. The summed E-state index contributed by atoms with van der Waals surface area (Å²) in [5.41, 5.74) is 8.28. The summed E-state index contributed by atoms with van der Waals surface area (Å²) in [6.45, 7) is -0.575. The minimum Gasteiger partial charge on any atom is -0.457 e. The predicted octanol–water partition coefficient (Wildman–Crippen LogP) is 4.14. The Hall–Kier alpha value is -1.80. The van der Waals surface area contributed by atoms with Gasteiger partial charge in [0.15, 0.2) is 0 Å². The third-order valence-electron chi connectivity index (χ3n) is 4.74. The third-order valence-corrected chi connectivity index (χ3v) is 5.04. The molecule has 142 valence electrons. The van der Waals surface area contributed by atoms with Crippen LogP contribution in [-0.2, 0) is 9.53 Å². The van der Waals surface area contributed by atoms with E-state index in [0.29, 0.717) is 10.6 Å². The molecule has 1 unspecified atom stereocenters. The van der Waals surface area contributed by atoms with Crippen molar-refractivity contribution in [1.82, 2.24) is 9.38 Å². The van der Waals surface area contributed by atoms with E-state index in [4.69, 9.17) is 17.3 Å². The van der Waals surface area contributed by atoms with E-state index >= 15 is 0 Å². The summed E-state index contributed by atoms with van der Waals surface area (Å²) in [7, 11) is 0. The lowest BCUT2D eigenvalue weighted by molar-refractivity contribution is -0.200. The van der Waals surface area contributed by atoms with Crippen LogP contribution in [0.3, 0.4) is 0 Å². The molecule has 26 heavy (non-hydrogen) atoms. The molecule has 0 amide bonds. The van der Waals surface area contributed by atoms with E-state index in [0.717, 1.165) is 43.3 Å². The van der Waals surface area contributed by atoms with Gasteiger partial charge in [-0.25, -0.2) is 9.78 Å². The van der Waals surface area contributed by atoms with Crippen molar-refractivity contribution in [2.45, 2.75) is 50.2 Å². The highest BCUT2D eigenvalue weighted by Crippen LogP contribution is 2.38. The quantitative estimate of drug-likeness (QED) is 0.798. The Balaban J connectivity index is 1.94. The maximum absolute atomic E-state index is 12.4. The first kappa shape index (κ1) is 19.0. The third kappa shape index (κ3) is 3.81. The van der Waals surface area contributed by atoms with Crippen LogP contribution in [0.4, 0.5) is 13.2 Å². The lowest BCUT2D eigenvalue weighted by Gasteiger charge is -2.27. The van der Waals surface area contributed by atoms with Crippen LogP contribution in [0.2, 0.25) is 5.02 Å². The Morgan fingerprint density at radius 3 is 2.73 bits per heavy atom. The minimum absolute atomic E-state index is 0.206. The van der Waals surface area contributed by atoms with Gasteiger partial charge in [-0.15, -0.1) is 0 Å². The van der Waals surface area contributed by atoms with Gasteiger partial charge in [0.25, 0.3) is 0 Å². The van der Waals surface area contributed by atoms with Gasteiger partial charge in [-0.05, 0) is 30.4 Å². The summed E-state index contributed by atoms with van der Waals surface area (Å²) < 4.78 is 43.2. The van der Waals surface area contributed by atoms with Gasteiger partial charge in [0.2, 0.25) is 0 Å². The average Bonchev–Trinajstić information content (AvgIpc) is 3.09. The van der Waals surface area contributed by atoms with E-state index in [-0.39, 0.29) is 5.92 Å². The van der Waals surface area contributed by atoms with Crippen LogP contribution in [0, 0.1) is 0 Å². The van der Waals surface area contributed by atoms with Crippen molar-refractivity contribution in [3.63, 3.8) is 0 Å². The molecule has 5 nitrogen and oxygen atoms in total. The number of esters is 1. The second kappa shape index (κ2) is 7.44. The molecule has 2 N–H and O–H groups in total. The summed E-state index contributed by atoms with van der Waals surface area (Å²) >= 11 is 6.29. The largest absolute Gasteiger partial charge is 0.490 e. The average molecular weight is 390 g/mol. The van der Waals surface area contributed by atoms with Gasteiger partial charge in [-0.1, -0.05) is 30.9 Å². The second-order valence-electron chi connectivity index (χ2n) is 6.52. The van der Waals surface area contributed by atoms with Gasteiger partial charge < -0.3 is 14.9 Å². The smallest absolute Gasteiger partial charge is 0.457 e. The number of imidazole rings is 1. The Morgan fingerprint density at radius 2 is 2.08 bits per heavy atom. The first-order chi connectivity index (χ1) is 12.3. The molecule has 1 saturated carbocycles. The van der Waals surface area contributed by atoms with Crippen LogP contribution in [0.25, 0.3) is 5.52 Å². The number of halogens is 4. The highest BCUT2D eigenvalue weighted by molar-refractivity contribution is 6.33. The van der Waals surface area contributed by atoms with Gasteiger partial charge >= 0.3 is 12.1 Å². The number of aromatic nitrogens is 2. The molecular formula is C17H19ClF3N3O2. The van der Waals surface area contributed by atoms with E-state index < -0.39 is 24.8 Å². The first-order valence-corrected chi connectivity index (χ1v) is 8.80. The van der Waals surface area contributed by atoms with E-state index in [2.05, 4.69) is 9.72 Å². The lowest BCUT2D eigenvalue weighted by atomic mass is 9.83. The zero-order valence-electron chi connectivity index (χ0n) is 13.9. The van der Waals surface area contributed by atoms with Gasteiger partial charge in [0.05, 0.1) is 29.1 Å². The molecule has 1 aliphatic rings. The van der Waals surface area contributed by atoms with Crippen molar-refractivity contribution in [1.29, 1.82) is 0 Å². The fourth-order valence-corrected chi connectivity index (χ4v) is 3.79. The number of hydrogen-bond donors (Lipinski definition) is 1. The second-order valence-corrected chi connectivity index (χ2v) is 6.93. The molecule has 1 atom stereocenters. The van der Waals surface area contributed by atoms with Crippen LogP contribution < -0.4 is 5.73 Å². The molecular weight excluding hydrogens is 371 g/mol. The number of nitrogens with zero attached hydrogens (tertiary/aromatic N) is 2. The highest BCUT2D eigenvalue weighted by atomic mass is 35.5. The normalized spacial score (nSPS) is 17.4. The van der Waals surface area contributed by atoms with Gasteiger partial charge in [0, 0.05) is 5.69 Å². The molecule has 2 aromatic heterocycles.